The molecule has 7 heteroatoms. The minimum Gasteiger partial charge on any atom is -0.492 e. The van der Waals surface area contributed by atoms with Crippen LogP contribution in [0, 0.1) is 5.92 Å². The molecule has 2 aliphatic rings. The first-order valence-corrected chi connectivity index (χ1v) is 15.6. The third-order valence-corrected chi connectivity index (χ3v) is 8.85. The first kappa shape index (κ1) is 30.1. The van der Waals surface area contributed by atoms with Gasteiger partial charge in [0.05, 0.1) is 0 Å². The Hall–Kier alpha value is -3.32. The van der Waals surface area contributed by atoms with Gasteiger partial charge in [-0.15, -0.1) is 0 Å². The molecule has 0 spiro atoms. The monoisotopic (exact) mass is 587 g/mol. The van der Waals surface area contributed by atoms with E-state index in [0.29, 0.717) is 25.6 Å². The van der Waals surface area contributed by atoms with Crippen molar-refractivity contribution >= 4 is 28.8 Å². The lowest BCUT2D eigenvalue weighted by molar-refractivity contribution is 0.0843. The summed E-state index contributed by atoms with van der Waals surface area (Å²) in [6, 6.07) is 27.2. The molecular formula is C35H42ClN3O3. The van der Waals surface area contributed by atoms with Gasteiger partial charge in [0.2, 0.25) is 0 Å². The largest absolute Gasteiger partial charge is 0.492 e. The summed E-state index contributed by atoms with van der Waals surface area (Å²) in [5, 5.41) is 9.90. The Morgan fingerprint density at radius 2 is 1.40 bits per heavy atom. The molecule has 42 heavy (non-hydrogen) atoms. The van der Waals surface area contributed by atoms with Crippen molar-refractivity contribution in [1.82, 2.24) is 14.7 Å². The Balaban J connectivity index is 1.14. The van der Waals surface area contributed by atoms with E-state index >= 15 is 0 Å². The van der Waals surface area contributed by atoms with Gasteiger partial charge < -0.3 is 19.6 Å². The van der Waals surface area contributed by atoms with Gasteiger partial charge in [-0.25, -0.2) is 4.79 Å². The number of piperazine rings is 1. The molecule has 6 nitrogen and oxygen atoms in total. The van der Waals surface area contributed by atoms with Crippen molar-refractivity contribution in [3.63, 3.8) is 0 Å². The Bertz CT molecular complexity index is 1310. The van der Waals surface area contributed by atoms with Gasteiger partial charge in [0.25, 0.3) is 0 Å². The SMILES string of the molecule is CC/C(=C(\c1ccc(Cl)cc1)c1ccc(OCCN2CCN(CC3CCN(C(=O)O)CC3)CC2)cc1)c1ccccc1. The summed E-state index contributed by atoms with van der Waals surface area (Å²) in [7, 11) is 0. The van der Waals surface area contributed by atoms with Crippen LogP contribution in [-0.2, 0) is 0 Å². The maximum absolute atomic E-state index is 11.1. The summed E-state index contributed by atoms with van der Waals surface area (Å²) in [6.07, 6.45) is 2.08. The molecule has 0 radical (unpaired) electrons. The number of carbonyl (C=O) groups is 1. The highest BCUT2D eigenvalue weighted by atomic mass is 35.5. The maximum atomic E-state index is 11.1. The second-order valence-corrected chi connectivity index (χ2v) is 11.7. The number of carboxylic acid groups (broad SMARTS) is 1. The van der Waals surface area contributed by atoms with Crippen LogP contribution in [-0.4, -0.2) is 84.9 Å². The van der Waals surface area contributed by atoms with E-state index in [1.807, 2.05) is 12.1 Å². The maximum Gasteiger partial charge on any atom is 0.407 e. The van der Waals surface area contributed by atoms with Gasteiger partial charge in [-0.1, -0.05) is 73.1 Å². The van der Waals surface area contributed by atoms with Crippen molar-refractivity contribution in [3.05, 3.63) is 101 Å². The molecule has 3 aromatic rings. The number of ether oxygens (including phenoxy) is 1. The molecule has 5 rings (SSSR count). The Morgan fingerprint density at radius 1 is 0.810 bits per heavy atom. The Morgan fingerprint density at radius 3 is 2.00 bits per heavy atom. The van der Waals surface area contributed by atoms with Crippen LogP contribution in [0.4, 0.5) is 4.79 Å². The van der Waals surface area contributed by atoms with Crippen LogP contribution in [0.25, 0.3) is 11.1 Å². The van der Waals surface area contributed by atoms with Crippen molar-refractivity contribution in [2.75, 3.05) is 59.0 Å². The normalized spacial score (nSPS) is 17.6. The fraction of sp³-hybridized carbons (Fsp3) is 0.400. The zero-order valence-electron chi connectivity index (χ0n) is 24.6. The van der Waals surface area contributed by atoms with Crippen LogP contribution in [0.1, 0.15) is 42.9 Å². The number of amides is 1. The zero-order valence-corrected chi connectivity index (χ0v) is 25.3. The highest BCUT2D eigenvalue weighted by Crippen LogP contribution is 2.35. The number of allylic oxidation sites excluding steroid dienone is 1. The molecule has 2 aliphatic heterocycles. The third-order valence-electron chi connectivity index (χ3n) is 8.60. The molecule has 1 amide bonds. The highest BCUT2D eigenvalue weighted by molar-refractivity contribution is 6.30. The summed E-state index contributed by atoms with van der Waals surface area (Å²) in [5.41, 5.74) is 6.07. The van der Waals surface area contributed by atoms with Crippen molar-refractivity contribution in [1.29, 1.82) is 0 Å². The van der Waals surface area contributed by atoms with Gasteiger partial charge in [-0.05, 0) is 77.3 Å². The van der Waals surface area contributed by atoms with E-state index in [1.54, 1.807) is 4.90 Å². The van der Waals surface area contributed by atoms with Crippen LogP contribution in [0.2, 0.25) is 5.02 Å². The lowest BCUT2D eigenvalue weighted by atomic mass is 9.88. The number of hydrogen-bond donors (Lipinski definition) is 1. The smallest absolute Gasteiger partial charge is 0.407 e. The molecular weight excluding hydrogens is 546 g/mol. The minimum atomic E-state index is -0.784. The first-order valence-electron chi connectivity index (χ1n) is 15.2. The Labute approximate surface area is 255 Å². The van der Waals surface area contributed by atoms with E-state index < -0.39 is 6.09 Å². The molecule has 2 saturated heterocycles. The summed E-state index contributed by atoms with van der Waals surface area (Å²) in [5.74, 6) is 1.49. The van der Waals surface area contributed by atoms with Crippen molar-refractivity contribution in [2.45, 2.75) is 26.2 Å². The number of rotatable bonds is 10. The standard InChI is InChI=1S/C35H42ClN3O3/c1-2-33(28-6-4-3-5-7-28)34(29-8-12-31(36)13-9-29)30-10-14-32(15-11-30)42-25-24-37-20-22-38(23-21-37)26-27-16-18-39(19-17-27)35(40)41/h3-15,27H,2,16-26H2,1H3,(H,40,41)/b34-33-. The topological polar surface area (TPSA) is 56.2 Å². The number of nitrogens with zero attached hydrogens (tertiary/aromatic N) is 3. The van der Waals surface area contributed by atoms with E-state index in [0.717, 1.165) is 80.4 Å². The highest BCUT2D eigenvalue weighted by Gasteiger charge is 2.25. The van der Waals surface area contributed by atoms with Crippen LogP contribution < -0.4 is 4.74 Å². The minimum absolute atomic E-state index is 0.606. The van der Waals surface area contributed by atoms with Crippen molar-refractivity contribution < 1.29 is 14.6 Å². The van der Waals surface area contributed by atoms with Gasteiger partial charge in [-0.3, -0.25) is 4.90 Å². The zero-order chi connectivity index (χ0) is 29.3. The summed E-state index contributed by atoms with van der Waals surface area (Å²) in [4.78, 5) is 17.7. The third kappa shape index (κ3) is 7.94. The molecule has 222 valence electrons. The molecule has 0 aliphatic carbocycles. The van der Waals surface area contributed by atoms with E-state index in [9.17, 15) is 4.79 Å². The fourth-order valence-corrected chi connectivity index (χ4v) is 6.30. The molecule has 0 atom stereocenters. The van der Waals surface area contributed by atoms with Crippen LogP contribution in [0.3, 0.4) is 0 Å². The number of halogens is 1. The summed E-state index contributed by atoms with van der Waals surface area (Å²) in [6.45, 7) is 10.4. The molecule has 2 fully saturated rings. The Kier molecular flexibility index (Phi) is 10.6. The van der Waals surface area contributed by atoms with Gasteiger partial charge in [0, 0.05) is 57.4 Å². The average Bonchev–Trinajstić information content (AvgIpc) is 3.02. The number of hydrogen-bond acceptors (Lipinski definition) is 4. The van der Waals surface area contributed by atoms with Gasteiger partial charge in [0.1, 0.15) is 12.4 Å². The summed E-state index contributed by atoms with van der Waals surface area (Å²) < 4.78 is 6.17. The second-order valence-electron chi connectivity index (χ2n) is 11.3. The van der Waals surface area contributed by atoms with Crippen LogP contribution in [0.15, 0.2) is 78.9 Å². The van der Waals surface area contributed by atoms with Crippen molar-refractivity contribution in [2.24, 2.45) is 5.92 Å². The van der Waals surface area contributed by atoms with Crippen LogP contribution in [0.5, 0.6) is 5.75 Å². The molecule has 3 aromatic carbocycles. The lowest BCUT2D eigenvalue weighted by Crippen LogP contribution is -2.49. The van der Waals surface area contributed by atoms with E-state index in [1.165, 1.54) is 16.7 Å². The van der Waals surface area contributed by atoms with Gasteiger partial charge >= 0.3 is 6.09 Å². The predicted molar refractivity (Wildman–Crippen MR) is 171 cm³/mol. The first-order chi connectivity index (χ1) is 20.5. The lowest BCUT2D eigenvalue weighted by Gasteiger charge is -2.38. The molecule has 1 N–H and O–H groups in total. The number of likely N-dealkylation sites (tertiary alicyclic amines) is 1. The van der Waals surface area contributed by atoms with E-state index in [-0.39, 0.29) is 0 Å². The molecule has 0 saturated carbocycles. The predicted octanol–water partition coefficient (Wildman–Crippen LogP) is 7.10. The molecule has 0 aromatic heterocycles. The number of piperidine rings is 1. The van der Waals surface area contributed by atoms with E-state index in [2.05, 4.69) is 83.5 Å². The second kappa shape index (κ2) is 14.7. The fourth-order valence-electron chi connectivity index (χ4n) is 6.17. The average molecular weight is 588 g/mol. The number of benzene rings is 3. The van der Waals surface area contributed by atoms with Gasteiger partial charge in [0.15, 0.2) is 0 Å². The van der Waals surface area contributed by atoms with E-state index in [4.69, 9.17) is 21.4 Å². The van der Waals surface area contributed by atoms with Crippen LogP contribution >= 0.6 is 11.6 Å². The molecule has 2 heterocycles. The molecule has 0 bridgehead atoms. The van der Waals surface area contributed by atoms with Crippen molar-refractivity contribution in [3.8, 4) is 5.75 Å². The van der Waals surface area contributed by atoms with Gasteiger partial charge in [-0.2, -0.15) is 0 Å². The summed E-state index contributed by atoms with van der Waals surface area (Å²) >= 11 is 6.22. The molecule has 0 unspecified atom stereocenters. The quantitative estimate of drug-likeness (QED) is 0.257.